The molecule has 1 aliphatic heterocycles. The smallest absolute Gasteiger partial charge is 0.254 e. The summed E-state index contributed by atoms with van der Waals surface area (Å²) in [5.41, 5.74) is 3.15. The number of carbonyl (C=O) groups is 1. The van der Waals surface area contributed by atoms with Crippen LogP contribution in [0.1, 0.15) is 28.4 Å². The summed E-state index contributed by atoms with van der Waals surface area (Å²) in [6.07, 6.45) is 1.84. The Hall–Kier alpha value is -1.35. The second-order valence-electron chi connectivity index (χ2n) is 4.11. The topological polar surface area (TPSA) is 40.5 Å². The van der Waals surface area contributed by atoms with Crippen LogP contribution < -0.4 is 0 Å². The minimum absolute atomic E-state index is 0.0363. The zero-order valence-corrected chi connectivity index (χ0v) is 9.57. The van der Waals surface area contributed by atoms with E-state index in [1.165, 1.54) is 5.56 Å². The summed E-state index contributed by atoms with van der Waals surface area (Å²) in [6.45, 7) is 3.28. The molecule has 0 spiro atoms. The first-order valence-corrected chi connectivity index (χ1v) is 5.78. The quantitative estimate of drug-likeness (QED) is 0.831. The van der Waals surface area contributed by atoms with Gasteiger partial charge >= 0.3 is 0 Å². The summed E-state index contributed by atoms with van der Waals surface area (Å²) in [7, 11) is 0. The summed E-state index contributed by atoms with van der Waals surface area (Å²) in [5.74, 6) is 0.0607. The van der Waals surface area contributed by atoms with Crippen molar-refractivity contribution in [1.82, 2.24) is 4.90 Å². The lowest BCUT2D eigenvalue weighted by molar-refractivity contribution is 0.0705. The molecule has 16 heavy (non-hydrogen) atoms. The highest BCUT2D eigenvalue weighted by Crippen LogP contribution is 2.20. The third-order valence-corrected chi connectivity index (χ3v) is 3.12. The molecule has 0 fully saturated rings. The molecule has 0 radical (unpaired) electrons. The fourth-order valence-electron chi connectivity index (χ4n) is 2.12. The highest BCUT2D eigenvalue weighted by molar-refractivity contribution is 5.96. The number of nitrogens with zero attached hydrogens (tertiary/aromatic N) is 1. The van der Waals surface area contributed by atoms with Crippen LogP contribution in [0.4, 0.5) is 0 Å². The number of aliphatic hydroxyl groups excluding tert-OH is 1. The number of β-amino-alcohol motifs (C(OH)–C–C–N with tert-alkyl or cyclic N) is 1. The van der Waals surface area contributed by atoms with Crippen LogP contribution in [0.3, 0.4) is 0 Å². The third kappa shape index (κ3) is 1.95. The fourth-order valence-corrected chi connectivity index (χ4v) is 2.12. The summed E-state index contributed by atoms with van der Waals surface area (Å²) < 4.78 is 0. The molecule has 0 aliphatic carbocycles. The zero-order chi connectivity index (χ0) is 11.5. The number of aliphatic hydroxyl groups is 1. The van der Waals surface area contributed by atoms with Crippen LogP contribution in [0.5, 0.6) is 0 Å². The summed E-state index contributed by atoms with van der Waals surface area (Å²) in [4.78, 5) is 13.8. The van der Waals surface area contributed by atoms with Crippen molar-refractivity contribution < 1.29 is 9.90 Å². The molecule has 3 nitrogen and oxygen atoms in total. The predicted octanol–water partition coefficient (Wildman–Crippen LogP) is 1.24. The molecule has 1 amide bonds. The van der Waals surface area contributed by atoms with Gasteiger partial charge in [0.25, 0.3) is 5.91 Å². The molecule has 2 rings (SSSR count). The van der Waals surface area contributed by atoms with Gasteiger partial charge in [-0.1, -0.05) is 19.1 Å². The Morgan fingerprint density at radius 2 is 2.25 bits per heavy atom. The van der Waals surface area contributed by atoms with E-state index in [9.17, 15) is 4.79 Å². The molecule has 3 heteroatoms. The molecule has 0 aromatic heterocycles. The van der Waals surface area contributed by atoms with Crippen molar-refractivity contribution in [3.8, 4) is 0 Å². The lowest BCUT2D eigenvalue weighted by Crippen LogP contribution is -2.39. The van der Waals surface area contributed by atoms with E-state index >= 15 is 0 Å². The van der Waals surface area contributed by atoms with E-state index in [0.717, 1.165) is 30.5 Å². The molecule has 1 N–H and O–H groups in total. The molecule has 0 bridgehead atoms. The van der Waals surface area contributed by atoms with Crippen LogP contribution in [0.2, 0.25) is 0 Å². The van der Waals surface area contributed by atoms with Crippen molar-refractivity contribution in [2.24, 2.45) is 0 Å². The average molecular weight is 219 g/mol. The van der Waals surface area contributed by atoms with Gasteiger partial charge in [-0.2, -0.15) is 0 Å². The highest BCUT2D eigenvalue weighted by Gasteiger charge is 2.23. The van der Waals surface area contributed by atoms with Crippen LogP contribution in [0.25, 0.3) is 0 Å². The minimum atomic E-state index is 0.0363. The van der Waals surface area contributed by atoms with Crippen molar-refractivity contribution >= 4 is 5.91 Å². The molecule has 0 saturated heterocycles. The van der Waals surface area contributed by atoms with Crippen molar-refractivity contribution in [1.29, 1.82) is 0 Å². The molecule has 1 heterocycles. The van der Waals surface area contributed by atoms with E-state index in [1.54, 1.807) is 4.90 Å². The Morgan fingerprint density at radius 3 is 2.94 bits per heavy atom. The fraction of sp³-hybridized carbons (Fsp3) is 0.462. The number of benzene rings is 1. The number of hydrogen-bond donors (Lipinski definition) is 1. The van der Waals surface area contributed by atoms with Gasteiger partial charge in [-0.15, -0.1) is 0 Å². The number of amides is 1. The predicted molar refractivity (Wildman–Crippen MR) is 62.5 cm³/mol. The van der Waals surface area contributed by atoms with Gasteiger partial charge in [0.05, 0.1) is 6.61 Å². The van der Waals surface area contributed by atoms with E-state index < -0.39 is 0 Å². The largest absolute Gasteiger partial charge is 0.395 e. The van der Waals surface area contributed by atoms with Crippen LogP contribution in [0.15, 0.2) is 18.2 Å². The molecule has 0 atom stereocenters. The van der Waals surface area contributed by atoms with Gasteiger partial charge in [0.1, 0.15) is 0 Å². The van der Waals surface area contributed by atoms with Gasteiger partial charge in [-0.3, -0.25) is 4.79 Å². The molecule has 0 unspecified atom stereocenters. The van der Waals surface area contributed by atoms with Gasteiger partial charge < -0.3 is 10.0 Å². The Bertz CT molecular complexity index is 401. The lowest BCUT2D eigenvalue weighted by Gasteiger charge is -2.28. The molecular weight excluding hydrogens is 202 g/mol. The van der Waals surface area contributed by atoms with Crippen LogP contribution in [-0.2, 0) is 12.8 Å². The molecule has 0 saturated carbocycles. The molecule has 86 valence electrons. The molecule has 1 aromatic carbocycles. The lowest BCUT2D eigenvalue weighted by atomic mass is 9.96. The van der Waals surface area contributed by atoms with Crippen LogP contribution in [0, 0.1) is 0 Å². The number of hydrogen-bond acceptors (Lipinski definition) is 2. The third-order valence-electron chi connectivity index (χ3n) is 3.12. The maximum atomic E-state index is 12.1. The standard InChI is InChI=1S/C13H17NO2/c1-2-10-3-4-11-5-6-14(7-8-15)13(16)12(11)9-10/h3-4,9,15H,2,5-8H2,1H3. The minimum Gasteiger partial charge on any atom is -0.395 e. The monoisotopic (exact) mass is 219 g/mol. The zero-order valence-electron chi connectivity index (χ0n) is 9.57. The summed E-state index contributed by atoms with van der Waals surface area (Å²) >= 11 is 0. The van der Waals surface area contributed by atoms with Crippen LogP contribution in [-0.4, -0.2) is 35.6 Å². The van der Waals surface area contributed by atoms with Crippen molar-refractivity contribution in [3.05, 3.63) is 34.9 Å². The number of fused-ring (bicyclic) bond motifs is 1. The van der Waals surface area contributed by atoms with Gasteiger partial charge in [-0.25, -0.2) is 0 Å². The van der Waals surface area contributed by atoms with E-state index in [-0.39, 0.29) is 12.5 Å². The molecule has 1 aromatic rings. The molecule has 1 aliphatic rings. The number of carbonyl (C=O) groups excluding carboxylic acids is 1. The Balaban J connectivity index is 2.31. The summed E-state index contributed by atoms with van der Waals surface area (Å²) in [5, 5.41) is 8.89. The van der Waals surface area contributed by atoms with Crippen molar-refractivity contribution in [3.63, 3.8) is 0 Å². The second-order valence-corrected chi connectivity index (χ2v) is 4.11. The van der Waals surface area contributed by atoms with E-state index in [0.29, 0.717) is 6.54 Å². The maximum absolute atomic E-state index is 12.1. The first-order valence-electron chi connectivity index (χ1n) is 5.78. The van der Waals surface area contributed by atoms with Gasteiger partial charge in [-0.05, 0) is 30.0 Å². The normalized spacial score (nSPS) is 15.1. The number of rotatable bonds is 3. The van der Waals surface area contributed by atoms with E-state index in [1.807, 2.05) is 6.07 Å². The second kappa shape index (κ2) is 4.66. The summed E-state index contributed by atoms with van der Waals surface area (Å²) in [6, 6.07) is 6.14. The SMILES string of the molecule is CCc1ccc2c(c1)C(=O)N(CCO)CC2. The van der Waals surface area contributed by atoms with Gasteiger partial charge in [0.15, 0.2) is 0 Å². The van der Waals surface area contributed by atoms with Crippen molar-refractivity contribution in [2.45, 2.75) is 19.8 Å². The van der Waals surface area contributed by atoms with E-state index in [4.69, 9.17) is 5.11 Å². The van der Waals surface area contributed by atoms with Gasteiger partial charge in [0.2, 0.25) is 0 Å². The molecular formula is C13H17NO2. The highest BCUT2D eigenvalue weighted by atomic mass is 16.3. The first kappa shape index (κ1) is 11.1. The first-order chi connectivity index (χ1) is 7.76. The Morgan fingerprint density at radius 1 is 1.44 bits per heavy atom. The van der Waals surface area contributed by atoms with Crippen LogP contribution >= 0.6 is 0 Å². The van der Waals surface area contributed by atoms with E-state index in [2.05, 4.69) is 19.1 Å². The van der Waals surface area contributed by atoms with Gasteiger partial charge in [0, 0.05) is 18.7 Å². The average Bonchev–Trinajstić information content (AvgIpc) is 2.33. The van der Waals surface area contributed by atoms with Crippen molar-refractivity contribution in [2.75, 3.05) is 19.7 Å². The Kier molecular flexibility index (Phi) is 3.25. The maximum Gasteiger partial charge on any atom is 0.254 e. The number of aryl methyl sites for hydroxylation is 1. The Labute approximate surface area is 95.7 Å².